The van der Waals surface area contributed by atoms with Crippen LogP contribution in [0.3, 0.4) is 0 Å². The molecule has 0 unspecified atom stereocenters. The highest BCUT2D eigenvalue weighted by atomic mass is 16.1. The number of hydrogen-bond acceptors (Lipinski definition) is 1. The van der Waals surface area contributed by atoms with E-state index < -0.39 is 0 Å². The zero-order valence-corrected chi connectivity index (χ0v) is 8.31. The molecule has 0 aromatic carbocycles. The molecule has 1 nitrogen and oxygen atoms in total. The Labute approximate surface area is 74.9 Å². The number of hydrogen-bond donors (Lipinski definition) is 0. The summed E-state index contributed by atoms with van der Waals surface area (Å²) in [6.07, 6.45) is 6.35. The van der Waals surface area contributed by atoms with Crippen LogP contribution in [0.1, 0.15) is 46.5 Å². The molecule has 1 heteroatoms. The van der Waals surface area contributed by atoms with E-state index in [0.717, 1.165) is 19.3 Å². The van der Waals surface area contributed by atoms with Gasteiger partial charge in [-0.3, -0.25) is 4.79 Å². The summed E-state index contributed by atoms with van der Waals surface area (Å²) in [6.45, 7) is 6.10. The normalized spacial score (nSPS) is 17.1. The highest BCUT2D eigenvalue weighted by molar-refractivity contribution is 5.94. The molecule has 0 aliphatic heterocycles. The van der Waals surface area contributed by atoms with Crippen LogP contribution in [0.2, 0.25) is 0 Å². The van der Waals surface area contributed by atoms with E-state index in [2.05, 4.69) is 6.92 Å². The summed E-state index contributed by atoms with van der Waals surface area (Å²) in [5.74, 6) is 0.305. The molecule has 0 N–H and O–H groups in total. The van der Waals surface area contributed by atoms with E-state index in [-0.39, 0.29) is 5.41 Å². The molecule has 0 heterocycles. The molecule has 1 rings (SSSR count). The van der Waals surface area contributed by atoms with Gasteiger partial charge in [-0.25, -0.2) is 0 Å². The molecule has 0 aromatic heterocycles. The maximum absolute atomic E-state index is 11.6. The molecule has 1 saturated carbocycles. The summed E-state index contributed by atoms with van der Waals surface area (Å²) in [7, 11) is 0. The Balaban J connectivity index is 2.58. The van der Waals surface area contributed by atoms with Gasteiger partial charge in [0.2, 0.25) is 0 Å². The van der Waals surface area contributed by atoms with Crippen molar-refractivity contribution in [2.75, 3.05) is 0 Å². The lowest BCUT2D eigenvalue weighted by Crippen LogP contribution is -2.22. The number of carbonyl (C=O) groups excluding carboxylic acids is 1. The van der Waals surface area contributed by atoms with E-state index in [1.165, 1.54) is 12.0 Å². The number of rotatable bonds is 3. The van der Waals surface area contributed by atoms with Gasteiger partial charge in [0.05, 0.1) is 0 Å². The van der Waals surface area contributed by atoms with Crippen molar-refractivity contribution in [1.29, 1.82) is 0 Å². The smallest absolute Gasteiger partial charge is 0.161 e. The van der Waals surface area contributed by atoms with Crippen molar-refractivity contribution in [3.05, 3.63) is 11.6 Å². The second kappa shape index (κ2) is 3.42. The van der Waals surface area contributed by atoms with Crippen molar-refractivity contribution in [3.8, 4) is 0 Å². The van der Waals surface area contributed by atoms with Gasteiger partial charge in [-0.2, -0.15) is 0 Å². The van der Waals surface area contributed by atoms with Crippen molar-refractivity contribution < 1.29 is 4.79 Å². The maximum atomic E-state index is 11.6. The minimum Gasteiger partial charge on any atom is -0.294 e. The van der Waals surface area contributed by atoms with Gasteiger partial charge in [-0.15, -0.1) is 0 Å². The van der Waals surface area contributed by atoms with Crippen molar-refractivity contribution >= 4 is 5.78 Å². The third kappa shape index (κ3) is 1.96. The molecular weight excluding hydrogens is 148 g/mol. The topological polar surface area (TPSA) is 17.1 Å². The Morgan fingerprint density at radius 1 is 1.50 bits per heavy atom. The van der Waals surface area contributed by atoms with Gasteiger partial charge < -0.3 is 0 Å². The largest absolute Gasteiger partial charge is 0.294 e. The van der Waals surface area contributed by atoms with Gasteiger partial charge in [-0.1, -0.05) is 26.3 Å². The van der Waals surface area contributed by atoms with Gasteiger partial charge in [-0.05, 0) is 31.8 Å². The van der Waals surface area contributed by atoms with Gasteiger partial charge >= 0.3 is 0 Å². The van der Waals surface area contributed by atoms with Crippen LogP contribution < -0.4 is 0 Å². The maximum Gasteiger partial charge on any atom is 0.161 e. The zero-order chi connectivity index (χ0) is 9.19. The average molecular weight is 166 g/mol. The van der Waals surface area contributed by atoms with Crippen LogP contribution in [0.15, 0.2) is 11.6 Å². The first kappa shape index (κ1) is 9.50. The van der Waals surface area contributed by atoms with Crippen molar-refractivity contribution in [1.82, 2.24) is 0 Å². The standard InChI is InChI=1S/C11H18O/c1-4-11(2,3)10(12)8-9-6-5-7-9/h8H,4-7H2,1-3H3. The fraction of sp³-hybridized carbons (Fsp3) is 0.727. The molecule has 68 valence electrons. The summed E-state index contributed by atoms with van der Waals surface area (Å²) < 4.78 is 0. The van der Waals surface area contributed by atoms with Gasteiger partial charge in [0.25, 0.3) is 0 Å². The summed E-state index contributed by atoms with van der Waals surface area (Å²) >= 11 is 0. The minimum absolute atomic E-state index is 0.150. The highest BCUT2D eigenvalue weighted by Gasteiger charge is 2.24. The lowest BCUT2D eigenvalue weighted by Gasteiger charge is -2.22. The predicted molar refractivity (Wildman–Crippen MR) is 51.0 cm³/mol. The Hall–Kier alpha value is -0.590. The third-order valence-electron chi connectivity index (χ3n) is 2.88. The van der Waals surface area contributed by atoms with E-state index >= 15 is 0 Å². The van der Waals surface area contributed by atoms with E-state index in [1.807, 2.05) is 19.9 Å². The van der Waals surface area contributed by atoms with E-state index in [9.17, 15) is 4.79 Å². The fourth-order valence-electron chi connectivity index (χ4n) is 1.08. The highest BCUT2D eigenvalue weighted by Crippen LogP contribution is 2.28. The van der Waals surface area contributed by atoms with Crippen LogP contribution in [-0.4, -0.2) is 5.78 Å². The van der Waals surface area contributed by atoms with Crippen LogP contribution in [0.5, 0.6) is 0 Å². The summed E-state index contributed by atoms with van der Waals surface area (Å²) in [5.41, 5.74) is 1.20. The zero-order valence-electron chi connectivity index (χ0n) is 8.31. The molecule has 1 aliphatic carbocycles. The molecule has 0 saturated heterocycles. The molecule has 0 radical (unpaired) electrons. The predicted octanol–water partition coefficient (Wildman–Crippen LogP) is 3.10. The quantitative estimate of drug-likeness (QED) is 0.589. The van der Waals surface area contributed by atoms with Crippen LogP contribution in [0.4, 0.5) is 0 Å². The Morgan fingerprint density at radius 3 is 2.42 bits per heavy atom. The molecule has 12 heavy (non-hydrogen) atoms. The van der Waals surface area contributed by atoms with Crippen LogP contribution in [-0.2, 0) is 4.79 Å². The molecule has 0 spiro atoms. The van der Waals surface area contributed by atoms with Crippen molar-refractivity contribution in [3.63, 3.8) is 0 Å². The van der Waals surface area contributed by atoms with E-state index in [1.54, 1.807) is 0 Å². The summed E-state index contributed by atoms with van der Waals surface area (Å²) in [6, 6.07) is 0. The lowest BCUT2D eigenvalue weighted by molar-refractivity contribution is -0.122. The number of ketones is 1. The molecule has 0 atom stereocenters. The van der Waals surface area contributed by atoms with Crippen LogP contribution in [0.25, 0.3) is 0 Å². The lowest BCUT2D eigenvalue weighted by atomic mass is 9.82. The molecule has 0 aromatic rings. The first-order valence-corrected chi connectivity index (χ1v) is 4.80. The Morgan fingerprint density at radius 2 is 2.08 bits per heavy atom. The SMILES string of the molecule is CCC(C)(C)C(=O)C=C1CCC1. The molecule has 0 bridgehead atoms. The molecule has 1 aliphatic rings. The molecular formula is C11H18O. The van der Waals surface area contributed by atoms with Crippen molar-refractivity contribution in [2.24, 2.45) is 5.41 Å². The van der Waals surface area contributed by atoms with Crippen molar-refractivity contribution in [2.45, 2.75) is 46.5 Å². The van der Waals surface area contributed by atoms with Crippen LogP contribution >= 0.6 is 0 Å². The molecule has 0 amide bonds. The minimum atomic E-state index is -0.150. The number of carbonyl (C=O) groups is 1. The number of allylic oxidation sites excluding steroid dienone is 2. The van der Waals surface area contributed by atoms with Gasteiger partial charge in [0, 0.05) is 5.41 Å². The second-order valence-electron chi connectivity index (χ2n) is 4.26. The summed E-state index contributed by atoms with van der Waals surface area (Å²) in [5, 5.41) is 0. The monoisotopic (exact) mass is 166 g/mol. The second-order valence-corrected chi connectivity index (χ2v) is 4.26. The van der Waals surface area contributed by atoms with Gasteiger partial charge in [0.15, 0.2) is 5.78 Å². The Bertz CT molecular complexity index is 205. The third-order valence-corrected chi connectivity index (χ3v) is 2.88. The fourth-order valence-corrected chi connectivity index (χ4v) is 1.08. The first-order chi connectivity index (χ1) is 5.56. The first-order valence-electron chi connectivity index (χ1n) is 4.80. The average Bonchev–Trinajstić information content (AvgIpc) is 1.96. The van der Waals surface area contributed by atoms with E-state index in [4.69, 9.17) is 0 Å². The van der Waals surface area contributed by atoms with Crippen LogP contribution in [0, 0.1) is 5.41 Å². The van der Waals surface area contributed by atoms with Gasteiger partial charge in [0.1, 0.15) is 0 Å². The molecule has 1 fully saturated rings. The van der Waals surface area contributed by atoms with E-state index in [0.29, 0.717) is 5.78 Å². The Kier molecular flexibility index (Phi) is 2.71. The summed E-state index contributed by atoms with van der Waals surface area (Å²) in [4.78, 5) is 11.6.